The van der Waals surface area contributed by atoms with Crippen LogP contribution >= 0.6 is 0 Å². The average Bonchev–Trinajstić information content (AvgIpc) is 3.18. The van der Waals surface area contributed by atoms with E-state index in [1.54, 1.807) is 41.9 Å². The molecule has 1 N–H and O–H groups in total. The van der Waals surface area contributed by atoms with Gasteiger partial charge in [-0.1, -0.05) is 12.1 Å². The van der Waals surface area contributed by atoms with Crippen LogP contribution in [0.2, 0.25) is 0 Å². The molecule has 0 spiro atoms. The van der Waals surface area contributed by atoms with Gasteiger partial charge >= 0.3 is 0 Å². The molecule has 2 aromatic rings. The van der Waals surface area contributed by atoms with Crippen molar-refractivity contribution >= 4 is 27.2 Å². The van der Waals surface area contributed by atoms with Crippen LogP contribution in [0.1, 0.15) is 27.5 Å². The summed E-state index contributed by atoms with van der Waals surface area (Å²) in [4.78, 5) is 30.9. The van der Waals surface area contributed by atoms with Crippen LogP contribution < -0.4 is 5.32 Å². The quantitative estimate of drug-likeness (QED) is 0.766. The summed E-state index contributed by atoms with van der Waals surface area (Å²) in [5.74, 6) is -0.719. The summed E-state index contributed by atoms with van der Waals surface area (Å²) in [6.07, 6.45) is 3.61. The fraction of sp³-hybridized carbons (Fsp3) is 0.353. The molecule has 138 valence electrons. The summed E-state index contributed by atoms with van der Waals surface area (Å²) in [7, 11) is -1.55. The minimum Gasteiger partial charge on any atom is -0.347 e. The summed E-state index contributed by atoms with van der Waals surface area (Å²) >= 11 is 0. The van der Waals surface area contributed by atoms with E-state index in [2.05, 4.69) is 16.9 Å². The van der Waals surface area contributed by atoms with E-state index in [4.69, 9.17) is 0 Å². The number of amides is 2. The van der Waals surface area contributed by atoms with Crippen molar-refractivity contribution < 1.29 is 18.0 Å². The lowest BCUT2D eigenvalue weighted by atomic mass is 10.2. The van der Waals surface area contributed by atoms with Crippen molar-refractivity contribution in [3.8, 4) is 0 Å². The lowest BCUT2D eigenvalue weighted by molar-refractivity contribution is 0.0734. The third-order valence-corrected chi connectivity index (χ3v) is 6.19. The summed E-state index contributed by atoms with van der Waals surface area (Å²) in [6, 6.07) is 4.80. The molecule has 9 heteroatoms. The number of rotatable bonds is 5. The van der Waals surface area contributed by atoms with E-state index in [-0.39, 0.29) is 35.6 Å². The first kappa shape index (κ1) is 18.1. The molecule has 3 rings (SSSR count). The molecule has 2 aromatic heterocycles. The highest BCUT2D eigenvalue weighted by atomic mass is 32.2. The minimum atomic E-state index is -3.11. The maximum atomic E-state index is 12.9. The minimum absolute atomic E-state index is 0.0504. The SMILES string of the molecule is C=CCNC(=O)c1nc(C(=O)N(C)C2CCS(=O)(=O)C2)n2ccccc12. The van der Waals surface area contributed by atoms with E-state index in [0.717, 1.165) is 0 Å². The molecule has 26 heavy (non-hydrogen) atoms. The number of hydrogen-bond donors (Lipinski definition) is 1. The van der Waals surface area contributed by atoms with E-state index in [1.165, 1.54) is 4.90 Å². The Balaban J connectivity index is 1.96. The van der Waals surface area contributed by atoms with Gasteiger partial charge < -0.3 is 10.2 Å². The summed E-state index contributed by atoms with van der Waals surface area (Å²) in [6.45, 7) is 3.84. The van der Waals surface area contributed by atoms with Gasteiger partial charge in [-0.15, -0.1) is 6.58 Å². The highest BCUT2D eigenvalue weighted by Gasteiger charge is 2.34. The second-order valence-electron chi connectivity index (χ2n) is 6.21. The zero-order valence-corrected chi connectivity index (χ0v) is 15.2. The summed E-state index contributed by atoms with van der Waals surface area (Å²) in [5.41, 5.74) is 0.646. The molecule has 1 fully saturated rings. The van der Waals surface area contributed by atoms with Crippen LogP contribution in [0.15, 0.2) is 37.1 Å². The predicted octanol–water partition coefficient (Wildman–Crippen LogP) is 0.509. The fourth-order valence-corrected chi connectivity index (χ4v) is 4.78. The van der Waals surface area contributed by atoms with Gasteiger partial charge in [-0.3, -0.25) is 14.0 Å². The standard InChI is InChI=1S/C17H20N4O4S/c1-3-8-18-16(22)14-13-6-4-5-9-21(13)15(19-14)17(23)20(2)12-7-10-26(24,25)11-12/h3-6,9,12H,1,7-8,10-11H2,2H3,(H,18,22). The van der Waals surface area contributed by atoms with Crippen LogP contribution in [-0.2, 0) is 9.84 Å². The topological polar surface area (TPSA) is 101 Å². The Kier molecular flexibility index (Phi) is 4.82. The number of nitrogens with one attached hydrogen (secondary N) is 1. The molecule has 1 unspecified atom stereocenters. The largest absolute Gasteiger partial charge is 0.347 e. The smallest absolute Gasteiger partial charge is 0.290 e. The van der Waals surface area contributed by atoms with Gasteiger partial charge in [0, 0.05) is 25.8 Å². The Morgan fingerprint density at radius 1 is 1.46 bits per heavy atom. The van der Waals surface area contributed by atoms with Crippen molar-refractivity contribution in [2.45, 2.75) is 12.5 Å². The normalized spacial score (nSPS) is 18.6. The van der Waals surface area contributed by atoms with Gasteiger partial charge in [-0.05, 0) is 18.6 Å². The van der Waals surface area contributed by atoms with Crippen molar-refractivity contribution in [3.05, 3.63) is 48.6 Å². The Bertz CT molecular complexity index is 980. The lowest BCUT2D eigenvalue weighted by Crippen LogP contribution is -2.38. The van der Waals surface area contributed by atoms with Gasteiger partial charge in [0.2, 0.25) is 5.82 Å². The zero-order valence-electron chi connectivity index (χ0n) is 14.4. The Labute approximate surface area is 151 Å². The van der Waals surface area contributed by atoms with Gasteiger partial charge in [0.05, 0.1) is 17.0 Å². The van der Waals surface area contributed by atoms with Crippen LogP contribution in [0.5, 0.6) is 0 Å². The number of sulfone groups is 1. The van der Waals surface area contributed by atoms with Crippen LogP contribution in [0.25, 0.3) is 5.52 Å². The van der Waals surface area contributed by atoms with Gasteiger partial charge in [-0.2, -0.15) is 0 Å². The highest BCUT2D eigenvalue weighted by molar-refractivity contribution is 7.91. The fourth-order valence-electron chi connectivity index (χ4n) is 3.01. The van der Waals surface area contributed by atoms with Gasteiger partial charge in [0.25, 0.3) is 11.8 Å². The van der Waals surface area contributed by atoms with Crippen LogP contribution in [0, 0.1) is 0 Å². The first-order valence-electron chi connectivity index (χ1n) is 8.18. The Morgan fingerprint density at radius 2 is 2.23 bits per heavy atom. The third-order valence-electron chi connectivity index (χ3n) is 4.44. The van der Waals surface area contributed by atoms with Crippen LogP contribution in [-0.4, -0.2) is 65.7 Å². The average molecular weight is 376 g/mol. The molecular formula is C17H20N4O4S. The first-order valence-corrected chi connectivity index (χ1v) is 10.00. The second kappa shape index (κ2) is 6.91. The molecule has 0 bridgehead atoms. The first-order chi connectivity index (χ1) is 12.3. The summed E-state index contributed by atoms with van der Waals surface area (Å²) in [5, 5.41) is 2.65. The van der Waals surface area contributed by atoms with Gasteiger partial charge in [0.15, 0.2) is 15.5 Å². The molecule has 1 aliphatic heterocycles. The molecular weight excluding hydrogens is 356 g/mol. The maximum absolute atomic E-state index is 12.9. The lowest BCUT2D eigenvalue weighted by Gasteiger charge is -2.22. The molecule has 1 aliphatic rings. The predicted molar refractivity (Wildman–Crippen MR) is 96.9 cm³/mol. The molecule has 0 radical (unpaired) electrons. The van der Waals surface area contributed by atoms with E-state index >= 15 is 0 Å². The second-order valence-corrected chi connectivity index (χ2v) is 8.44. The molecule has 1 atom stereocenters. The van der Waals surface area contributed by atoms with Gasteiger partial charge in [0.1, 0.15) is 0 Å². The number of carbonyl (C=O) groups is 2. The zero-order chi connectivity index (χ0) is 18.9. The van der Waals surface area contributed by atoms with Crippen molar-refractivity contribution in [3.63, 3.8) is 0 Å². The molecule has 0 saturated carbocycles. The number of carbonyl (C=O) groups excluding carboxylic acids is 2. The third kappa shape index (κ3) is 3.34. The maximum Gasteiger partial charge on any atom is 0.290 e. The Hall–Kier alpha value is -2.68. The van der Waals surface area contributed by atoms with Crippen molar-refractivity contribution in [1.82, 2.24) is 19.6 Å². The number of pyridine rings is 1. The van der Waals surface area contributed by atoms with E-state index in [9.17, 15) is 18.0 Å². The molecule has 3 heterocycles. The van der Waals surface area contributed by atoms with Crippen molar-refractivity contribution in [2.75, 3.05) is 25.1 Å². The number of hydrogen-bond acceptors (Lipinski definition) is 5. The molecule has 0 aromatic carbocycles. The number of aromatic nitrogens is 2. The van der Waals surface area contributed by atoms with E-state index < -0.39 is 21.7 Å². The molecule has 0 aliphatic carbocycles. The summed E-state index contributed by atoms with van der Waals surface area (Å²) < 4.78 is 24.9. The molecule has 2 amide bonds. The van der Waals surface area contributed by atoms with Gasteiger partial charge in [-0.25, -0.2) is 13.4 Å². The van der Waals surface area contributed by atoms with Crippen molar-refractivity contribution in [1.29, 1.82) is 0 Å². The highest BCUT2D eigenvalue weighted by Crippen LogP contribution is 2.20. The van der Waals surface area contributed by atoms with E-state index in [0.29, 0.717) is 11.9 Å². The molecule has 8 nitrogen and oxygen atoms in total. The molecule has 1 saturated heterocycles. The van der Waals surface area contributed by atoms with Crippen molar-refractivity contribution in [2.24, 2.45) is 0 Å². The Morgan fingerprint density at radius 3 is 2.88 bits per heavy atom. The van der Waals surface area contributed by atoms with Crippen LogP contribution in [0.4, 0.5) is 0 Å². The van der Waals surface area contributed by atoms with Crippen LogP contribution in [0.3, 0.4) is 0 Å². The number of imidazole rings is 1. The number of nitrogens with zero attached hydrogens (tertiary/aromatic N) is 3. The monoisotopic (exact) mass is 376 g/mol. The number of fused-ring (bicyclic) bond motifs is 1. The van der Waals surface area contributed by atoms with E-state index in [1.807, 2.05) is 0 Å².